The molecule has 1 saturated carbocycles. The molecule has 2 fully saturated rings. The fraction of sp³-hybridized carbons (Fsp3) is 0.471. The zero-order valence-electron chi connectivity index (χ0n) is 12.0. The van der Waals surface area contributed by atoms with Crippen LogP contribution < -0.4 is 0 Å². The zero-order valence-corrected chi connectivity index (χ0v) is 12.0. The van der Waals surface area contributed by atoms with Crippen molar-refractivity contribution in [2.75, 3.05) is 6.61 Å². The van der Waals surface area contributed by atoms with Crippen LogP contribution in [0.25, 0.3) is 11.0 Å². The Labute approximate surface area is 123 Å². The van der Waals surface area contributed by atoms with E-state index in [1.807, 2.05) is 35.2 Å². The molecule has 1 amide bonds. The summed E-state index contributed by atoms with van der Waals surface area (Å²) in [6, 6.07) is 10.4. The molecule has 2 aliphatic rings. The largest absolute Gasteiger partial charge is 0.459 e. The summed E-state index contributed by atoms with van der Waals surface area (Å²) in [6.45, 7) is 1.26. The average Bonchev–Trinajstić information content (AvgIpc) is 3.04. The lowest BCUT2D eigenvalue weighted by molar-refractivity contribution is -0.142. The van der Waals surface area contributed by atoms with Crippen molar-refractivity contribution in [1.82, 2.24) is 4.90 Å². The van der Waals surface area contributed by atoms with Crippen molar-refractivity contribution >= 4 is 16.9 Å². The van der Waals surface area contributed by atoms with Gasteiger partial charge in [0.25, 0.3) is 5.91 Å². The SMILES string of the molecule is O=C([C@@H]1CCCO1)N(Cc1cc2ccccc2o1)C1CC1. The molecule has 0 spiro atoms. The summed E-state index contributed by atoms with van der Waals surface area (Å²) >= 11 is 0. The molecule has 0 unspecified atom stereocenters. The summed E-state index contributed by atoms with van der Waals surface area (Å²) in [7, 11) is 0. The minimum absolute atomic E-state index is 0.135. The quantitative estimate of drug-likeness (QED) is 0.867. The Kier molecular flexibility index (Phi) is 3.19. The van der Waals surface area contributed by atoms with Crippen LogP contribution in [0.2, 0.25) is 0 Å². The normalized spacial score (nSPS) is 21.8. The van der Waals surface area contributed by atoms with Gasteiger partial charge in [0.05, 0.1) is 6.54 Å². The summed E-state index contributed by atoms with van der Waals surface area (Å²) in [5.74, 6) is 0.991. The van der Waals surface area contributed by atoms with Gasteiger partial charge in [-0.2, -0.15) is 0 Å². The maximum atomic E-state index is 12.6. The number of nitrogens with zero attached hydrogens (tertiary/aromatic N) is 1. The van der Waals surface area contributed by atoms with Crippen molar-refractivity contribution in [3.05, 3.63) is 36.1 Å². The van der Waals surface area contributed by atoms with Gasteiger partial charge in [0.15, 0.2) is 0 Å². The van der Waals surface area contributed by atoms with Gasteiger partial charge in [-0.25, -0.2) is 0 Å². The van der Waals surface area contributed by atoms with Gasteiger partial charge in [0.2, 0.25) is 0 Å². The Balaban J connectivity index is 1.55. The van der Waals surface area contributed by atoms with Gasteiger partial charge in [-0.3, -0.25) is 4.79 Å². The molecule has 0 bridgehead atoms. The van der Waals surface area contributed by atoms with Gasteiger partial charge >= 0.3 is 0 Å². The number of hydrogen-bond donors (Lipinski definition) is 0. The van der Waals surface area contributed by atoms with Crippen LogP contribution in [-0.4, -0.2) is 29.6 Å². The summed E-state index contributed by atoms with van der Waals surface area (Å²) in [5.41, 5.74) is 0.882. The standard InChI is InChI=1S/C17H19NO3/c19-17(16-6-3-9-20-16)18(13-7-8-13)11-14-10-12-4-1-2-5-15(12)21-14/h1-2,4-5,10,13,16H,3,6-9,11H2/t16-/m0/s1. The average molecular weight is 285 g/mol. The number of benzene rings is 1. The third-order valence-electron chi connectivity index (χ3n) is 4.28. The lowest BCUT2D eigenvalue weighted by Gasteiger charge is -2.24. The van der Waals surface area contributed by atoms with E-state index in [9.17, 15) is 4.79 Å². The first kappa shape index (κ1) is 12.9. The van der Waals surface area contributed by atoms with Gasteiger partial charge in [0.1, 0.15) is 17.4 Å². The van der Waals surface area contributed by atoms with Crippen molar-refractivity contribution in [3.63, 3.8) is 0 Å². The van der Waals surface area contributed by atoms with Gasteiger partial charge in [-0.05, 0) is 37.8 Å². The summed E-state index contributed by atoms with van der Waals surface area (Å²) in [5, 5.41) is 1.09. The van der Waals surface area contributed by atoms with Crippen molar-refractivity contribution in [2.45, 2.75) is 44.4 Å². The van der Waals surface area contributed by atoms with E-state index in [1.54, 1.807) is 0 Å². The van der Waals surface area contributed by atoms with Crippen LogP contribution in [0, 0.1) is 0 Å². The lowest BCUT2D eigenvalue weighted by atomic mass is 10.2. The monoisotopic (exact) mass is 285 g/mol. The van der Waals surface area contributed by atoms with Crippen molar-refractivity contribution < 1.29 is 13.9 Å². The van der Waals surface area contributed by atoms with Crippen LogP contribution in [0.3, 0.4) is 0 Å². The topological polar surface area (TPSA) is 42.7 Å². The predicted octanol–water partition coefficient (Wildman–Crippen LogP) is 3.10. The van der Waals surface area contributed by atoms with E-state index < -0.39 is 0 Å². The first-order valence-electron chi connectivity index (χ1n) is 7.71. The second kappa shape index (κ2) is 5.19. The highest BCUT2D eigenvalue weighted by atomic mass is 16.5. The minimum Gasteiger partial charge on any atom is -0.459 e. The molecule has 4 nitrogen and oxygen atoms in total. The Bertz CT molecular complexity index is 620. The van der Waals surface area contributed by atoms with E-state index in [1.165, 1.54) is 0 Å². The fourth-order valence-corrected chi connectivity index (χ4v) is 3.01. The maximum absolute atomic E-state index is 12.6. The number of amides is 1. The number of furan rings is 1. The zero-order chi connectivity index (χ0) is 14.2. The van der Waals surface area contributed by atoms with E-state index in [4.69, 9.17) is 9.15 Å². The molecular weight excluding hydrogens is 266 g/mol. The Morgan fingerprint density at radius 2 is 2.10 bits per heavy atom. The van der Waals surface area contributed by atoms with E-state index in [-0.39, 0.29) is 12.0 Å². The highest BCUT2D eigenvalue weighted by Crippen LogP contribution is 2.31. The second-order valence-corrected chi connectivity index (χ2v) is 5.95. The summed E-state index contributed by atoms with van der Waals surface area (Å²) in [6.07, 6.45) is 3.79. The number of carbonyl (C=O) groups excluding carboxylic acids is 1. The molecule has 0 N–H and O–H groups in total. The molecule has 110 valence electrons. The summed E-state index contributed by atoms with van der Waals surface area (Å²) in [4.78, 5) is 14.6. The van der Waals surface area contributed by atoms with Crippen molar-refractivity contribution in [3.8, 4) is 0 Å². The van der Waals surface area contributed by atoms with Crippen LogP contribution in [0.1, 0.15) is 31.4 Å². The third kappa shape index (κ3) is 2.56. The van der Waals surface area contributed by atoms with Gasteiger partial charge in [0, 0.05) is 18.0 Å². The molecule has 2 heterocycles. The van der Waals surface area contributed by atoms with E-state index in [2.05, 4.69) is 0 Å². The highest BCUT2D eigenvalue weighted by Gasteiger charge is 2.37. The molecule has 0 radical (unpaired) electrons. The van der Waals surface area contributed by atoms with Crippen LogP contribution in [0.4, 0.5) is 0 Å². The molecule has 21 heavy (non-hydrogen) atoms. The van der Waals surface area contributed by atoms with Crippen LogP contribution >= 0.6 is 0 Å². The van der Waals surface area contributed by atoms with Gasteiger partial charge < -0.3 is 14.1 Å². The molecule has 2 aromatic rings. The van der Waals surface area contributed by atoms with Crippen LogP contribution in [0.15, 0.2) is 34.7 Å². The van der Waals surface area contributed by atoms with Gasteiger partial charge in [-0.15, -0.1) is 0 Å². The maximum Gasteiger partial charge on any atom is 0.252 e. The number of rotatable bonds is 4. The first-order valence-corrected chi connectivity index (χ1v) is 7.71. The van der Waals surface area contributed by atoms with Crippen LogP contribution in [-0.2, 0) is 16.1 Å². The smallest absolute Gasteiger partial charge is 0.252 e. The van der Waals surface area contributed by atoms with Crippen molar-refractivity contribution in [2.24, 2.45) is 0 Å². The molecule has 1 aliphatic heterocycles. The third-order valence-corrected chi connectivity index (χ3v) is 4.28. The highest BCUT2D eigenvalue weighted by molar-refractivity contribution is 5.82. The number of carbonyl (C=O) groups is 1. The molecule has 1 aromatic carbocycles. The van der Waals surface area contributed by atoms with Gasteiger partial charge in [-0.1, -0.05) is 18.2 Å². The predicted molar refractivity (Wildman–Crippen MR) is 78.8 cm³/mol. The fourth-order valence-electron chi connectivity index (χ4n) is 3.01. The Hall–Kier alpha value is -1.81. The van der Waals surface area contributed by atoms with E-state index in [0.717, 1.165) is 42.4 Å². The lowest BCUT2D eigenvalue weighted by Crippen LogP contribution is -2.39. The number of hydrogen-bond acceptors (Lipinski definition) is 3. The molecule has 1 atom stereocenters. The molecule has 1 aliphatic carbocycles. The van der Waals surface area contributed by atoms with Crippen molar-refractivity contribution in [1.29, 1.82) is 0 Å². The minimum atomic E-state index is -0.241. The first-order chi connectivity index (χ1) is 10.3. The molecule has 1 saturated heterocycles. The molecule has 1 aromatic heterocycles. The molecule has 4 rings (SSSR count). The molecule has 4 heteroatoms. The summed E-state index contributed by atoms with van der Waals surface area (Å²) < 4.78 is 11.4. The van der Waals surface area contributed by atoms with E-state index >= 15 is 0 Å². The van der Waals surface area contributed by atoms with Crippen LogP contribution in [0.5, 0.6) is 0 Å². The second-order valence-electron chi connectivity index (χ2n) is 5.95. The Morgan fingerprint density at radius 1 is 1.24 bits per heavy atom. The number of fused-ring (bicyclic) bond motifs is 1. The van der Waals surface area contributed by atoms with E-state index in [0.29, 0.717) is 19.2 Å². The molecular formula is C17H19NO3. The Morgan fingerprint density at radius 3 is 2.81 bits per heavy atom. The number of ether oxygens (including phenoxy) is 1. The number of para-hydroxylation sites is 1.